The fraction of sp³-hybridized carbons (Fsp3) is 0.400. The summed E-state index contributed by atoms with van der Waals surface area (Å²) in [5, 5.41) is 0. The minimum absolute atomic E-state index is 0.0311. The highest BCUT2D eigenvalue weighted by Gasteiger charge is 2.50. The number of halogens is 1. The summed E-state index contributed by atoms with van der Waals surface area (Å²) >= 11 is 0. The Kier molecular flexibility index (Phi) is 7.03. The number of hydrogen-bond acceptors (Lipinski definition) is 3. The molecule has 2 heterocycles. The zero-order valence-electron chi connectivity index (χ0n) is 21.3. The Labute approximate surface area is 214 Å². The molecule has 0 amide bonds. The molecule has 2 aliphatic heterocycles. The Bertz CT molecular complexity index is 1340. The summed E-state index contributed by atoms with van der Waals surface area (Å²) in [5.41, 5.74) is 6.72. The van der Waals surface area contributed by atoms with Crippen LogP contribution in [0, 0.1) is 20.8 Å². The van der Waals surface area contributed by atoms with Gasteiger partial charge in [0.2, 0.25) is 10.0 Å². The molecule has 3 aromatic rings. The van der Waals surface area contributed by atoms with Gasteiger partial charge in [-0.1, -0.05) is 60.7 Å². The third kappa shape index (κ3) is 4.40. The molecule has 4 nitrogen and oxygen atoms in total. The number of fused-ring (bicyclic) bond motifs is 1. The molecule has 2 fully saturated rings. The lowest BCUT2D eigenvalue weighted by molar-refractivity contribution is -0.0414. The van der Waals surface area contributed by atoms with Gasteiger partial charge >= 0.3 is 0 Å². The molecule has 5 rings (SSSR count). The van der Waals surface area contributed by atoms with E-state index in [1.165, 1.54) is 16.7 Å². The average molecular weight is 507 g/mol. The van der Waals surface area contributed by atoms with Gasteiger partial charge in [-0.15, -0.1) is 0 Å². The van der Waals surface area contributed by atoms with E-state index in [0.29, 0.717) is 18.0 Å². The first kappa shape index (κ1) is 25.1. The van der Waals surface area contributed by atoms with E-state index in [1.54, 1.807) is 16.4 Å². The number of alkyl halides is 1. The number of hydrogen-bond donors (Lipinski definition) is 0. The van der Waals surface area contributed by atoms with E-state index in [0.717, 1.165) is 36.1 Å². The molecule has 0 aliphatic carbocycles. The van der Waals surface area contributed by atoms with Crippen molar-refractivity contribution in [2.75, 3.05) is 26.3 Å². The Morgan fingerprint density at radius 1 is 0.861 bits per heavy atom. The van der Waals surface area contributed by atoms with E-state index in [4.69, 9.17) is 0 Å². The van der Waals surface area contributed by atoms with Gasteiger partial charge in [0, 0.05) is 31.1 Å². The quantitative estimate of drug-likeness (QED) is 0.435. The summed E-state index contributed by atoms with van der Waals surface area (Å²) in [6.45, 7) is 7.37. The van der Waals surface area contributed by atoms with Crippen molar-refractivity contribution >= 4 is 10.0 Å². The number of aryl methyl sites for hydroxylation is 2. The predicted molar refractivity (Wildman–Crippen MR) is 144 cm³/mol. The van der Waals surface area contributed by atoms with Crippen molar-refractivity contribution in [2.24, 2.45) is 0 Å². The third-order valence-corrected chi connectivity index (χ3v) is 10.3. The zero-order chi connectivity index (χ0) is 25.4. The summed E-state index contributed by atoms with van der Waals surface area (Å²) in [5.74, 6) is -0.0321. The van der Waals surface area contributed by atoms with Gasteiger partial charge in [-0.3, -0.25) is 4.90 Å². The molecule has 0 aromatic heterocycles. The zero-order valence-corrected chi connectivity index (χ0v) is 22.1. The molecule has 0 N–H and O–H groups in total. The number of nitrogens with zero attached hydrogens (tertiary/aromatic N) is 2. The van der Waals surface area contributed by atoms with Gasteiger partial charge in [-0.2, -0.15) is 4.31 Å². The van der Waals surface area contributed by atoms with Crippen LogP contribution in [0.25, 0.3) is 11.1 Å². The highest BCUT2D eigenvalue weighted by atomic mass is 32.2. The minimum atomic E-state index is -3.62. The SMILES string of the molecule is Cc1ccccc1S(=O)(=O)N1CCCCN2C(CF)C(c3ccc(-c4cccc(C)c4C)cc3)[C@@H]2C1. The van der Waals surface area contributed by atoms with Crippen LogP contribution in [-0.2, 0) is 10.0 Å². The van der Waals surface area contributed by atoms with Gasteiger partial charge in [0.15, 0.2) is 0 Å². The van der Waals surface area contributed by atoms with Crippen LogP contribution in [0.3, 0.4) is 0 Å². The molecule has 3 atom stereocenters. The van der Waals surface area contributed by atoms with Crippen molar-refractivity contribution in [3.8, 4) is 11.1 Å². The first-order valence-corrected chi connectivity index (χ1v) is 14.3. The van der Waals surface area contributed by atoms with Crippen molar-refractivity contribution in [3.63, 3.8) is 0 Å². The lowest BCUT2D eigenvalue weighted by atomic mass is 9.74. The van der Waals surface area contributed by atoms with Crippen LogP contribution in [0.15, 0.2) is 71.6 Å². The molecule has 2 saturated heterocycles. The fourth-order valence-electron chi connectivity index (χ4n) is 6.03. The largest absolute Gasteiger partial charge is 0.292 e. The fourth-order valence-corrected chi connectivity index (χ4v) is 7.75. The molecule has 36 heavy (non-hydrogen) atoms. The second-order valence-electron chi connectivity index (χ2n) is 10.3. The Balaban J connectivity index is 1.44. The van der Waals surface area contributed by atoms with Crippen LogP contribution in [-0.4, -0.2) is 56.0 Å². The average Bonchev–Trinajstić information content (AvgIpc) is 2.85. The summed E-state index contributed by atoms with van der Waals surface area (Å²) in [7, 11) is -3.62. The van der Waals surface area contributed by atoms with Gasteiger partial charge in [0.05, 0.1) is 4.90 Å². The molecule has 3 aromatic carbocycles. The highest BCUT2D eigenvalue weighted by Crippen LogP contribution is 2.43. The van der Waals surface area contributed by atoms with Crippen molar-refractivity contribution in [2.45, 2.75) is 56.5 Å². The van der Waals surface area contributed by atoms with Crippen molar-refractivity contribution in [1.29, 1.82) is 0 Å². The van der Waals surface area contributed by atoms with Crippen LogP contribution in [0.2, 0.25) is 0 Å². The van der Waals surface area contributed by atoms with E-state index in [2.05, 4.69) is 61.2 Å². The lowest BCUT2D eigenvalue weighted by Crippen LogP contribution is -2.67. The van der Waals surface area contributed by atoms with Crippen molar-refractivity contribution in [1.82, 2.24) is 9.21 Å². The maximum absolute atomic E-state index is 14.3. The third-order valence-electron chi connectivity index (χ3n) is 8.23. The molecule has 0 radical (unpaired) electrons. The van der Waals surface area contributed by atoms with E-state index < -0.39 is 16.7 Å². The van der Waals surface area contributed by atoms with E-state index in [9.17, 15) is 12.8 Å². The van der Waals surface area contributed by atoms with Crippen molar-refractivity contribution in [3.05, 3.63) is 89.0 Å². The van der Waals surface area contributed by atoms with Crippen LogP contribution in [0.1, 0.15) is 41.0 Å². The Morgan fingerprint density at radius 3 is 2.28 bits per heavy atom. The van der Waals surface area contributed by atoms with Crippen molar-refractivity contribution < 1.29 is 12.8 Å². The molecule has 0 spiro atoms. The minimum Gasteiger partial charge on any atom is -0.292 e. The standard InChI is InChI=1S/C30H35FN2O2S/c1-21-10-8-11-26(23(21)3)24-13-15-25(16-14-24)30-27(19-31)33-18-7-6-17-32(20-28(30)33)36(34,35)29-12-5-4-9-22(29)2/h4-5,8-16,27-28,30H,6-7,17-20H2,1-3H3/t27?,28-,30?/m0/s1. The summed E-state index contributed by atoms with van der Waals surface area (Å²) in [6.07, 6.45) is 1.65. The summed E-state index contributed by atoms with van der Waals surface area (Å²) in [6, 6.07) is 21.7. The molecule has 2 aliphatic rings. The van der Waals surface area contributed by atoms with Crippen LogP contribution < -0.4 is 0 Å². The molecular weight excluding hydrogens is 471 g/mol. The Morgan fingerprint density at radius 2 is 1.56 bits per heavy atom. The molecule has 0 bridgehead atoms. The van der Waals surface area contributed by atoms with Gasteiger partial charge in [-0.25, -0.2) is 12.8 Å². The first-order valence-electron chi connectivity index (χ1n) is 12.9. The van der Waals surface area contributed by atoms with E-state index in [1.807, 2.05) is 19.1 Å². The number of sulfonamides is 1. The van der Waals surface area contributed by atoms with Gasteiger partial charge < -0.3 is 0 Å². The van der Waals surface area contributed by atoms with Crippen LogP contribution >= 0.6 is 0 Å². The molecule has 6 heteroatoms. The number of rotatable bonds is 5. The van der Waals surface area contributed by atoms with Crippen LogP contribution in [0.4, 0.5) is 4.39 Å². The topological polar surface area (TPSA) is 40.6 Å². The monoisotopic (exact) mass is 506 g/mol. The molecule has 2 unspecified atom stereocenters. The summed E-state index contributed by atoms with van der Waals surface area (Å²) < 4.78 is 43.2. The summed E-state index contributed by atoms with van der Waals surface area (Å²) in [4.78, 5) is 2.57. The molecule has 0 saturated carbocycles. The maximum Gasteiger partial charge on any atom is 0.243 e. The first-order chi connectivity index (χ1) is 17.3. The Hall–Kier alpha value is -2.54. The molecule has 190 valence electrons. The smallest absolute Gasteiger partial charge is 0.243 e. The van der Waals surface area contributed by atoms with E-state index in [-0.39, 0.29) is 18.0 Å². The molecular formula is C30H35FN2O2S. The van der Waals surface area contributed by atoms with Crippen LogP contribution in [0.5, 0.6) is 0 Å². The maximum atomic E-state index is 14.3. The second-order valence-corrected chi connectivity index (χ2v) is 12.2. The van der Waals surface area contributed by atoms with Gasteiger partial charge in [0.25, 0.3) is 0 Å². The van der Waals surface area contributed by atoms with Gasteiger partial charge in [-0.05, 0) is 79.6 Å². The normalized spacial score (nSPS) is 23.4. The predicted octanol–water partition coefficient (Wildman–Crippen LogP) is 5.87. The lowest BCUT2D eigenvalue weighted by Gasteiger charge is -2.56. The number of benzene rings is 3. The van der Waals surface area contributed by atoms with Gasteiger partial charge in [0.1, 0.15) is 6.67 Å². The van der Waals surface area contributed by atoms with E-state index >= 15 is 0 Å². The highest BCUT2D eigenvalue weighted by molar-refractivity contribution is 7.89. The second kappa shape index (κ2) is 10.1.